The molecule has 5 nitrogen and oxygen atoms in total. The largest absolute Gasteiger partial charge is 0.378 e. The molecule has 28 heavy (non-hydrogen) atoms. The highest BCUT2D eigenvalue weighted by molar-refractivity contribution is 7.80. The van der Waals surface area contributed by atoms with Crippen LogP contribution in [0, 0.1) is 0 Å². The SMILES string of the molecule is CC1=C(C(=O)N2CCOCC2)[C@@H](c2ccc(-c3ccccc3)cc2)NC(=S)N1. The third-order valence-corrected chi connectivity index (χ3v) is 5.37. The van der Waals surface area contributed by atoms with Gasteiger partial charge in [-0.05, 0) is 35.8 Å². The summed E-state index contributed by atoms with van der Waals surface area (Å²) in [4.78, 5) is 15.1. The first-order valence-electron chi connectivity index (χ1n) is 9.44. The molecule has 0 unspecified atom stereocenters. The summed E-state index contributed by atoms with van der Waals surface area (Å²) in [6, 6.07) is 18.3. The molecule has 2 aromatic carbocycles. The highest BCUT2D eigenvalue weighted by Gasteiger charge is 2.33. The van der Waals surface area contributed by atoms with Gasteiger partial charge in [0.2, 0.25) is 0 Å². The zero-order chi connectivity index (χ0) is 19.5. The second-order valence-electron chi connectivity index (χ2n) is 6.96. The Balaban J connectivity index is 1.65. The second-order valence-corrected chi connectivity index (χ2v) is 7.37. The lowest BCUT2D eigenvalue weighted by Gasteiger charge is -2.35. The number of carbonyl (C=O) groups is 1. The number of morpholine rings is 1. The van der Waals surface area contributed by atoms with Crippen molar-refractivity contribution in [3.63, 3.8) is 0 Å². The summed E-state index contributed by atoms with van der Waals surface area (Å²) in [6.07, 6.45) is 0. The fourth-order valence-corrected chi connectivity index (χ4v) is 3.93. The van der Waals surface area contributed by atoms with Crippen molar-refractivity contribution in [1.82, 2.24) is 15.5 Å². The van der Waals surface area contributed by atoms with Crippen LogP contribution in [0.4, 0.5) is 0 Å². The second kappa shape index (κ2) is 8.12. The molecule has 1 fully saturated rings. The molecule has 1 amide bonds. The van der Waals surface area contributed by atoms with Gasteiger partial charge in [0.1, 0.15) is 0 Å². The summed E-state index contributed by atoms with van der Waals surface area (Å²) < 4.78 is 5.39. The van der Waals surface area contributed by atoms with Crippen molar-refractivity contribution in [2.75, 3.05) is 26.3 Å². The minimum Gasteiger partial charge on any atom is -0.378 e. The van der Waals surface area contributed by atoms with E-state index in [1.165, 1.54) is 5.56 Å². The van der Waals surface area contributed by atoms with E-state index in [2.05, 4.69) is 47.0 Å². The molecule has 1 saturated heterocycles. The van der Waals surface area contributed by atoms with Crippen molar-refractivity contribution in [3.05, 3.63) is 71.4 Å². The molecule has 2 aromatic rings. The van der Waals surface area contributed by atoms with Gasteiger partial charge < -0.3 is 20.3 Å². The molecule has 0 bridgehead atoms. The predicted molar refractivity (Wildman–Crippen MR) is 114 cm³/mol. The lowest BCUT2D eigenvalue weighted by Crippen LogP contribution is -2.49. The minimum atomic E-state index is -0.270. The molecule has 2 aliphatic rings. The quantitative estimate of drug-likeness (QED) is 0.786. The monoisotopic (exact) mass is 393 g/mol. The van der Waals surface area contributed by atoms with Crippen molar-refractivity contribution in [1.29, 1.82) is 0 Å². The molecule has 0 aromatic heterocycles. The van der Waals surface area contributed by atoms with Gasteiger partial charge in [0.05, 0.1) is 24.8 Å². The molecular weight excluding hydrogens is 370 g/mol. The Morgan fingerprint density at radius 3 is 2.36 bits per heavy atom. The third kappa shape index (κ3) is 3.79. The summed E-state index contributed by atoms with van der Waals surface area (Å²) in [7, 11) is 0. The molecule has 4 rings (SSSR count). The lowest BCUT2D eigenvalue weighted by molar-refractivity contribution is -0.131. The Hall–Kier alpha value is -2.70. The highest BCUT2D eigenvalue weighted by Crippen LogP contribution is 2.30. The van der Waals surface area contributed by atoms with Gasteiger partial charge in [-0.1, -0.05) is 54.6 Å². The Bertz CT molecular complexity index is 903. The van der Waals surface area contributed by atoms with Crippen molar-refractivity contribution in [2.24, 2.45) is 0 Å². The Morgan fingerprint density at radius 1 is 1.04 bits per heavy atom. The number of thiocarbonyl (C=S) groups is 1. The van der Waals surface area contributed by atoms with Crippen LogP contribution in [-0.4, -0.2) is 42.2 Å². The average molecular weight is 394 g/mol. The van der Waals surface area contributed by atoms with Crippen LogP contribution in [0.1, 0.15) is 18.5 Å². The minimum absolute atomic E-state index is 0.0282. The van der Waals surface area contributed by atoms with E-state index in [-0.39, 0.29) is 11.9 Å². The number of amides is 1. The van der Waals surface area contributed by atoms with Gasteiger partial charge in [-0.3, -0.25) is 4.79 Å². The number of hydrogen-bond donors (Lipinski definition) is 2. The van der Waals surface area contributed by atoms with E-state index in [4.69, 9.17) is 17.0 Å². The van der Waals surface area contributed by atoms with Gasteiger partial charge in [-0.25, -0.2) is 0 Å². The summed E-state index contributed by atoms with van der Waals surface area (Å²) in [5.74, 6) is 0.0282. The molecule has 0 saturated carbocycles. The van der Waals surface area contributed by atoms with E-state index in [0.29, 0.717) is 37.0 Å². The van der Waals surface area contributed by atoms with Gasteiger partial charge in [0.25, 0.3) is 5.91 Å². The van der Waals surface area contributed by atoms with Gasteiger partial charge in [0.15, 0.2) is 5.11 Å². The van der Waals surface area contributed by atoms with E-state index in [0.717, 1.165) is 16.8 Å². The zero-order valence-electron chi connectivity index (χ0n) is 15.8. The first-order chi connectivity index (χ1) is 13.6. The summed E-state index contributed by atoms with van der Waals surface area (Å²) in [6.45, 7) is 4.28. The molecule has 2 aliphatic heterocycles. The third-order valence-electron chi connectivity index (χ3n) is 5.15. The standard InChI is InChI=1S/C22H23N3O2S/c1-15-19(21(26)25-11-13-27-14-12-25)20(24-22(28)23-15)18-9-7-17(8-10-18)16-5-3-2-4-6-16/h2-10,20H,11-14H2,1H3,(H2,23,24,28)/t20-/m1/s1. The first-order valence-corrected chi connectivity index (χ1v) is 9.85. The predicted octanol–water partition coefficient (Wildman–Crippen LogP) is 3.01. The number of carbonyl (C=O) groups excluding carboxylic acids is 1. The zero-order valence-corrected chi connectivity index (χ0v) is 16.6. The molecular formula is C22H23N3O2S. The number of allylic oxidation sites excluding steroid dienone is 1. The van der Waals surface area contributed by atoms with Gasteiger partial charge in [-0.2, -0.15) is 0 Å². The van der Waals surface area contributed by atoms with Crippen LogP contribution >= 0.6 is 12.2 Å². The number of ether oxygens (including phenoxy) is 1. The Labute approximate surface area is 170 Å². The van der Waals surface area contributed by atoms with Crippen LogP contribution in [0.3, 0.4) is 0 Å². The number of nitrogens with one attached hydrogen (secondary N) is 2. The van der Waals surface area contributed by atoms with Crippen LogP contribution in [0.5, 0.6) is 0 Å². The molecule has 1 atom stereocenters. The summed E-state index contributed by atoms with van der Waals surface area (Å²) in [5.41, 5.74) is 4.83. The molecule has 0 aliphatic carbocycles. The number of hydrogen-bond acceptors (Lipinski definition) is 3. The Kier molecular flexibility index (Phi) is 5.41. The Morgan fingerprint density at radius 2 is 1.68 bits per heavy atom. The highest BCUT2D eigenvalue weighted by atomic mass is 32.1. The number of nitrogens with zero attached hydrogens (tertiary/aromatic N) is 1. The lowest BCUT2D eigenvalue weighted by atomic mass is 9.93. The molecule has 2 N–H and O–H groups in total. The maximum Gasteiger partial charge on any atom is 0.254 e. The summed E-state index contributed by atoms with van der Waals surface area (Å²) in [5, 5.41) is 6.92. The molecule has 6 heteroatoms. The molecule has 0 spiro atoms. The van der Waals surface area contributed by atoms with Crippen molar-refractivity contribution in [3.8, 4) is 11.1 Å². The maximum absolute atomic E-state index is 13.2. The summed E-state index contributed by atoms with van der Waals surface area (Å²) >= 11 is 5.36. The molecule has 144 valence electrons. The first kappa shape index (κ1) is 18.7. The van der Waals surface area contributed by atoms with E-state index in [1.807, 2.05) is 30.0 Å². The average Bonchev–Trinajstić information content (AvgIpc) is 2.74. The number of rotatable bonds is 3. The van der Waals surface area contributed by atoms with E-state index >= 15 is 0 Å². The molecule has 0 radical (unpaired) electrons. The topological polar surface area (TPSA) is 53.6 Å². The van der Waals surface area contributed by atoms with Crippen molar-refractivity contribution >= 4 is 23.2 Å². The smallest absolute Gasteiger partial charge is 0.254 e. The van der Waals surface area contributed by atoms with Crippen molar-refractivity contribution in [2.45, 2.75) is 13.0 Å². The van der Waals surface area contributed by atoms with Crippen LogP contribution in [-0.2, 0) is 9.53 Å². The maximum atomic E-state index is 13.2. The van der Waals surface area contributed by atoms with Gasteiger partial charge in [0, 0.05) is 18.8 Å². The fraction of sp³-hybridized carbons (Fsp3) is 0.273. The van der Waals surface area contributed by atoms with Crippen LogP contribution in [0.25, 0.3) is 11.1 Å². The van der Waals surface area contributed by atoms with E-state index in [9.17, 15) is 4.79 Å². The van der Waals surface area contributed by atoms with Crippen LogP contribution < -0.4 is 10.6 Å². The fourth-order valence-electron chi connectivity index (χ4n) is 3.66. The molecule has 2 heterocycles. The number of benzene rings is 2. The van der Waals surface area contributed by atoms with Gasteiger partial charge in [-0.15, -0.1) is 0 Å². The van der Waals surface area contributed by atoms with Crippen molar-refractivity contribution < 1.29 is 9.53 Å². The normalized spacial score (nSPS) is 19.8. The van der Waals surface area contributed by atoms with E-state index in [1.54, 1.807) is 0 Å². The van der Waals surface area contributed by atoms with Gasteiger partial charge >= 0.3 is 0 Å². The van der Waals surface area contributed by atoms with Crippen LogP contribution in [0.2, 0.25) is 0 Å². The van der Waals surface area contributed by atoms with Crippen LogP contribution in [0.15, 0.2) is 65.9 Å². The van der Waals surface area contributed by atoms with E-state index < -0.39 is 0 Å².